The monoisotopic (exact) mass is 286 g/mol. The van der Waals surface area contributed by atoms with Crippen molar-refractivity contribution in [2.75, 3.05) is 0 Å². The average Bonchev–Trinajstić information content (AvgIpc) is 2.28. The van der Waals surface area contributed by atoms with Crippen LogP contribution in [0.4, 0.5) is 0 Å². The van der Waals surface area contributed by atoms with Gasteiger partial charge in [0.25, 0.3) is 0 Å². The van der Waals surface area contributed by atoms with Gasteiger partial charge in [-0.05, 0) is 29.7 Å². The van der Waals surface area contributed by atoms with Crippen molar-refractivity contribution in [2.45, 2.75) is 25.8 Å². The number of hydrogen-bond acceptors (Lipinski definition) is 3. The minimum atomic E-state index is -0.594. The highest BCUT2D eigenvalue weighted by Gasteiger charge is 2.28. The standard InChI is InChI=1S/C12H12Cl2N2O2/c1-2-7-8(13)3-6(4-9(7)14)12-10(17)5-11(18)15-16-12/h3-4,12,16H,2,5H2,1H3,(H,15,18). The Bertz CT molecular complexity index is 494. The van der Waals surface area contributed by atoms with Crippen LogP contribution >= 0.6 is 23.2 Å². The lowest BCUT2D eigenvalue weighted by Crippen LogP contribution is -2.49. The Labute approximate surface area is 115 Å². The van der Waals surface area contributed by atoms with Crippen molar-refractivity contribution in [2.24, 2.45) is 0 Å². The highest BCUT2D eigenvalue weighted by atomic mass is 35.5. The van der Waals surface area contributed by atoms with Crippen molar-refractivity contribution in [3.8, 4) is 0 Å². The number of carbonyl (C=O) groups excluding carboxylic acids is 2. The van der Waals surface area contributed by atoms with Crippen LogP contribution in [0.1, 0.15) is 30.5 Å². The molecule has 0 saturated carbocycles. The first kappa shape index (κ1) is 13.3. The summed E-state index contributed by atoms with van der Waals surface area (Å²) in [5.74, 6) is -0.534. The number of nitrogens with one attached hydrogen (secondary N) is 2. The van der Waals surface area contributed by atoms with Crippen molar-refractivity contribution in [1.29, 1.82) is 0 Å². The van der Waals surface area contributed by atoms with Gasteiger partial charge in [0.1, 0.15) is 6.04 Å². The summed E-state index contributed by atoms with van der Waals surface area (Å²) < 4.78 is 0. The molecule has 6 heteroatoms. The first-order chi connectivity index (χ1) is 8.52. The van der Waals surface area contributed by atoms with Gasteiger partial charge in [0.2, 0.25) is 5.91 Å². The molecule has 0 radical (unpaired) electrons. The van der Waals surface area contributed by atoms with Gasteiger partial charge in [0.05, 0.1) is 6.42 Å². The summed E-state index contributed by atoms with van der Waals surface area (Å²) in [7, 11) is 0. The third kappa shape index (κ3) is 2.51. The van der Waals surface area contributed by atoms with Gasteiger partial charge >= 0.3 is 0 Å². The minimum Gasteiger partial charge on any atom is -0.297 e. The quantitative estimate of drug-likeness (QED) is 0.820. The van der Waals surface area contributed by atoms with Gasteiger partial charge in [-0.15, -0.1) is 0 Å². The third-order valence-corrected chi connectivity index (χ3v) is 3.54. The average molecular weight is 287 g/mol. The largest absolute Gasteiger partial charge is 0.297 e. The van der Waals surface area contributed by atoms with Gasteiger partial charge in [-0.25, -0.2) is 5.43 Å². The lowest BCUT2D eigenvalue weighted by Gasteiger charge is -2.23. The van der Waals surface area contributed by atoms with E-state index in [-0.39, 0.29) is 18.1 Å². The van der Waals surface area contributed by atoms with Crippen LogP contribution in [0, 0.1) is 0 Å². The maximum atomic E-state index is 11.8. The Balaban J connectivity index is 2.34. The van der Waals surface area contributed by atoms with E-state index in [0.29, 0.717) is 15.6 Å². The summed E-state index contributed by atoms with van der Waals surface area (Å²) in [6, 6.07) is 2.82. The molecule has 1 atom stereocenters. The zero-order valence-corrected chi connectivity index (χ0v) is 11.2. The Morgan fingerprint density at radius 1 is 1.28 bits per heavy atom. The molecule has 1 aliphatic rings. The van der Waals surface area contributed by atoms with Crippen LogP contribution in [0.15, 0.2) is 12.1 Å². The topological polar surface area (TPSA) is 58.2 Å². The van der Waals surface area contributed by atoms with E-state index < -0.39 is 6.04 Å². The van der Waals surface area contributed by atoms with Gasteiger partial charge in [0, 0.05) is 10.0 Å². The molecule has 0 aromatic heterocycles. The number of carbonyl (C=O) groups is 2. The molecule has 1 aromatic rings. The van der Waals surface area contributed by atoms with Gasteiger partial charge in [-0.1, -0.05) is 30.1 Å². The molecule has 4 nitrogen and oxygen atoms in total. The van der Waals surface area contributed by atoms with Crippen LogP contribution in [0.2, 0.25) is 10.0 Å². The highest BCUT2D eigenvalue weighted by molar-refractivity contribution is 6.36. The summed E-state index contributed by atoms with van der Waals surface area (Å²) in [6.45, 7) is 1.96. The summed E-state index contributed by atoms with van der Waals surface area (Å²) in [5, 5.41) is 1.07. The minimum absolute atomic E-state index is 0.136. The van der Waals surface area contributed by atoms with Crippen LogP contribution in [-0.4, -0.2) is 11.7 Å². The summed E-state index contributed by atoms with van der Waals surface area (Å²) in [6.07, 6.45) is 0.586. The number of amides is 1. The molecular weight excluding hydrogens is 275 g/mol. The maximum Gasteiger partial charge on any atom is 0.241 e. The zero-order valence-electron chi connectivity index (χ0n) is 9.72. The van der Waals surface area contributed by atoms with Gasteiger partial charge < -0.3 is 0 Å². The lowest BCUT2D eigenvalue weighted by atomic mass is 9.98. The fraction of sp³-hybridized carbons (Fsp3) is 0.333. The van der Waals surface area contributed by atoms with Crippen LogP contribution in [-0.2, 0) is 16.0 Å². The van der Waals surface area contributed by atoms with Crippen molar-refractivity contribution in [3.05, 3.63) is 33.3 Å². The molecule has 2 N–H and O–H groups in total. The molecule has 1 amide bonds. The summed E-state index contributed by atoms with van der Waals surface area (Å²) >= 11 is 12.2. The molecule has 1 aromatic carbocycles. The maximum absolute atomic E-state index is 11.8. The van der Waals surface area contributed by atoms with Crippen LogP contribution in [0.25, 0.3) is 0 Å². The van der Waals surface area contributed by atoms with Crippen molar-refractivity contribution >= 4 is 34.9 Å². The number of ketones is 1. The molecule has 1 fully saturated rings. The summed E-state index contributed by atoms with van der Waals surface area (Å²) in [4.78, 5) is 22.8. The van der Waals surface area contributed by atoms with E-state index >= 15 is 0 Å². The first-order valence-corrected chi connectivity index (χ1v) is 6.33. The van der Waals surface area contributed by atoms with Crippen molar-refractivity contribution in [3.63, 3.8) is 0 Å². The van der Waals surface area contributed by atoms with E-state index in [1.807, 2.05) is 6.92 Å². The van der Waals surface area contributed by atoms with Crippen molar-refractivity contribution in [1.82, 2.24) is 10.9 Å². The zero-order chi connectivity index (χ0) is 13.3. The van der Waals surface area contributed by atoms with E-state index in [2.05, 4.69) is 10.9 Å². The molecule has 1 aliphatic heterocycles. The SMILES string of the molecule is CCc1c(Cl)cc(C2NNC(=O)CC2=O)cc1Cl. The molecule has 2 rings (SSSR count). The molecule has 96 valence electrons. The normalized spacial score (nSPS) is 19.8. The second-order valence-electron chi connectivity index (χ2n) is 4.09. The lowest BCUT2D eigenvalue weighted by molar-refractivity contribution is -0.134. The Morgan fingerprint density at radius 2 is 1.89 bits per heavy atom. The Kier molecular flexibility index (Phi) is 3.90. The van der Waals surface area contributed by atoms with E-state index in [9.17, 15) is 9.59 Å². The second kappa shape index (κ2) is 5.26. The van der Waals surface area contributed by atoms with Gasteiger partial charge in [0.15, 0.2) is 5.78 Å². The number of benzene rings is 1. The number of hydrogen-bond donors (Lipinski definition) is 2. The van der Waals surface area contributed by atoms with E-state index in [0.717, 1.165) is 12.0 Å². The highest BCUT2D eigenvalue weighted by Crippen LogP contribution is 2.30. The molecule has 1 unspecified atom stereocenters. The molecule has 1 heterocycles. The number of hydrazine groups is 1. The fourth-order valence-corrected chi connectivity index (χ4v) is 2.71. The molecule has 0 bridgehead atoms. The molecule has 18 heavy (non-hydrogen) atoms. The van der Waals surface area contributed by atoms with Crippen LogP contribution in [0.5, 0.6) is 0 Å². The van der Waals surface area contributed by atoms with Gasteiger partial charge in [-0.3, -0.25) is 15.0 Å². The number of halogens is 2. The van der Waals surface area contributed by atoms with Crippen LogP contribution in [0.3, 0.4) is 0 Å². The predicted molar refractivity (Wildman–Crippen MR) is 69.5 cm³/mol. The molecule has 0 spiro atoms. The smallest absolute Gasteiger partial charge is 0.241 e. The summed E-state index contributed by atoms with van der Waals surface area (Å²) in [5.41, 5.74) is 6.61. The Hall–Kier alpha value is -1.10. The predicted octanol–water partition coefficient (Wildman–Crippen LogP) is 2.19. The third-order valence-electron chi connectivity index (χ3n) is 2.86. The van der Waals surface area contributed by atoms with Crippen molar-refractivity contribution < 1.29 is 9.59 Å². The number of rotatable bonds is 2. The first-order valence-electron chi connectivity index (χ1n) is 5.57. The van der Waals surface area contributed by atoms with E-state index in [4.69, 9.17) is 23.2 Å². The number of Topliss-reactive ketones (excluding diaryl/α,β-unsaturated/α-hetero) is 1. The van der Waals surface area contributed by atoms with E-state index in [1.165, 1.54) is 0 Å². The van der Waals surface area contributed by atoms with Gasteiger partial charge in [-0.2, -0.15) is 0 Å². The molecule has 0 aliphatic carbocycles. The molecule has 1 saturated heterocycles. The second-order valence-corrected chi connectivity index (χ2v) is 4.90. The van der Waals surface area contributed by atoms with E-state index in [1.54, 1.807) is 12.1 Å². The van der Waals surface area contributed by atoms with Crippen LogP contribution < -0.4 is 10.9 Å². The Morgan fingerprint density at radius 3 is 2.39 bits per heavy atom. The fourth-order valence-electron chi connectivity index (χ4n) is 1.93. The molecular formula is C12H12Cl2N2O2.